The lowest BCUT2D eigenvalue weighted by molar-refractivity contribution is -0.117. The molecule has 0 atom stereocenters. The molecule has 5 nitrogen and oxygen atoms in total. The van der Waals surface area contributed by atoms with Gasteiger partial charge in [0.2, 0.25) is 5.91 Å². The maximum Gasteiger partial charge on any atom is 0.261 e. The molecular formula is C17H17NO4S. The lowest BCUT2D eigenvalue weighted by Gasteiger charge is -2.08. The Morgan fingerprint density at radius 3 is 2.35 bits per heavy atom. The van der Waals surface area contributed by atoms with E-state index in [2.05, 4.69) is 5.32 Å². The molecule has 0 aromatic heterocycles. The number of hydrogen-bond acceptors (Lipinski definition) is 5. The van der Waals surface area contributed by atoms with Crippen molar-refractivity contribution in [2.45, 2.75) is 4.90 Å². The van der Waals surface area contributed by atoms with Crippen molar-refractivity contribution in [2.24, 2.45) is 0 Å². The van der Waals surface area contributed by atoms with Gasteiger partial charge in [0.1, 0.15) is 11.5 Å². The summed E-state index contributed by atoms with van der Waals surface area (Å²) < 4.78 is 10.2. The van der Waals surface area contributed by atoms with Gasteiger partial charge in [-0.3, -0.25) is 14.9 Å². The zero-order valence-corrected chi connectivity index (χ0v) is 13.7. The van der Waals surface area contributed by atoms with Crippen LogP contribution in [0.5, 0.6) is 11.5 Å². The molecule has 0 bridgehead atoms. The molecule has 6 heteroatoms. The molecule has 23 heavy (non-hydrogen) atoms. The van der Waals surface area contributed by atoms with E-state index in [9.17, 15) is 9.59 Å². The Balaban J connectivity index is 1.90. The summed E-state index contributed by atoms with van der Waals surface area (Å²) in [7, 11) is 3.08. The summed E-state index contributed by atoms with van der Waals surface area (Å²) in [5.41, 5.74) is 0.331. The average Bonchev–Trinajstić information content (AvgIpc) is 2.60. The van der Waals surface area contributed by atoms with Crippen molar-refractivity contribution in [3.05, 3.63) is 54.1 Å². The van der Waals surface area contributed by atoms with Crippen molar-refractivity contribution in [3.63, 3.8) is 0 Å². The Kier molecular flexibility index (Phi) is 6.05. The predicted molar refractivity (Wildman–Crippen MR) is 89.2 cm³/mol. The Morgan fingerprint density at radius 1 is 1.00 bits per heavy atom. The van der Waals surface area contributed by atoms with Crippen LogP contribution in [0.25, 0.3) is 0 Å². The number of rotatable bonds is 6. The van der Waals surface area contributed by atoms with Crippen LogP contribution < -0.4 is 14.8 Å². The molecule has 0 aliphatic carbocycles. The first-order chi connectivity index (χ1) is 11.1. The predicted octanol–water partition coefficient (Wildman–Crippen LogP) is 2.75. The molecule has 0 spiro atoms. The van der Waals surface area contributed by atoms with Crippen LogP contribution in [0.4, 0.5) is 0 Å². The second kappa shape index (κ2) is 8.24. The highest BCUT2D eigenvalue weighted by atomic mass is 32.2. The minimum Gasteiger partial charge on any atom is -0.497 e. The number of carbonyl (C=O) groups excluding carboxylic acids is 2. The molecule has 0 fully saturated rings. The van der Waals surface area contributed by atoms with E-state index in [-0.39, 0.29) is 11.7 Å². The van der Waals surface area contributed by atoms with E-state index in [0.29, 0.717) is 11.3 Å². The van der Waals surface area contributed by atoms with Gasteiger partial charge in [-0.2, -0.15) is 0 Å². The molecule has 2 amide bonds. The van der Waals surface area contributed by atoms with Crippen LogP contribution in [-0.4, -0.2) is 31.8 Å². The van der Waals surface area contributed by atoms with E-state index in [4.69, 9.17) is 9.47 Å². The van der Waals surface area contributed by atoms with E-state index in [1.165, 1.54) is 18.9 Å². The van der Waals surface area contributed by atoms with Gasteiger partial charge < -0.3 is 9.47 Å². The van der Waals surface area contributed by atoms with E-state index in [0.717, 1.165) is 10.6 Å². The maximum atomic E-state index is 12.1. The Morgan fingerprint density at radius 2 is 1.70 bits per heavy atom. The monoisotopic (exact) mass is 331 g/mol. The summed E-state index contributed by atoms with van der Waals surface area (Å²) in [5, 5.41) is 2.36. The number of thioether (sulfide) groups is 1. The van der Waals surface area contributed by atoms with Gasteiger partial charge in [0, 0.05) is 4.90 Å². The lowest BCUT2D eigenvalue weighted by Crippen LogP contribution is -2.32. The summed E-state index contributed by atoms with van der Waals surface area (Å²) in [6.45, 7) is 0. The standard InChI is InChI=1S/C17H17NO4S/c1-21-12-7-9-13(10-8-12)23-11-16(19)18-17(20)14-5-3-4-6-15(14)22-2/h3-10H,11H2,1-2H3,(H,18,19,20). The summed E-state index contributed by atoms with van der Waals surface area (Å²) in [6.07, 6.45) is 0. The van der Waals surface area contributed by atoms with Crippen molar-refractivity contribution >= 4 is 23.6 Å². The molecule has 2 aromatic carbocycles. The number of para-hydroxylation sites is 1. The fourth-order valence-electron chi connectivity index (χ4n) is 1.88. The molecule has 2 rings (SSSR count). The number of carbonyl (C=O) groups is 2. The SMILES string of the molecule is COc1ccc(SCC(=O)NC(=O)c2ccccc2OC)cc1. The van der Waals surface area contributed by atoms with Gasteiger partial charge in [-0.15, -0.1) is 11.8 Å². The Labute approximate surface area is 139 Å². The van der Waals surface area contributed by atoms with Crippen LogP contribution in [-0.2, 0) is 4.79 Å². The molecule has 2 aromatic rings. The molecule has 0 aliphatic rings. The molecule has 1 N–H and O–H groups in total. The number of imide groups is 1. The van der Waals surface area contributed by atoms with Crippen LogP contribution in [0.2, 0.25) is 0 Å². The topological polar surface area (TPSA) is 64.6 Å². The number of nitrogens with one attached hydrogen (secondary N) is 1. The molecule has 0 saturated heterocycles. The number of methoxy groups -OCH3 is 2. The summed E-state index contributed by atoms with van der Waals surface area (Å²) in [6, 6.07) is 14.1. The van der Waals surface area contributed by atoms with Crippen LogP contribution >= 0.6 is 11.8 Å². The minimum atomic E-state index is -0.470. The molecule has 0 unspecified atom stereocenters. The van der Waals surface area contributed by atoms with Crippen molar-refractivity contribution in [1.29, 1.82) is 0 Å². The zero-order chi connectivity index (χ0) is 16.7. The molecule has 0 saturated carbocycles. The van der Waals surface area contributed by atoms with Crippen molar-refractivity contribution in [3.8, 4) is 11.5 Å². The highest BCUT2D eigenvalue weighted by Gasteiger charge is 2.14. The fraction of sp³-hybridized carbons (Fsp3) is 0.176. The molecule has 0 radical (unpaired) electrons. The van der Waals surface area contributed by atoms with Crippen molar-refractivity contribution in [2.75, 3.05) is 20.0 Å². The average molecular weight is 331 g/mol. The molecular weight excluding hydrogens is 314 g/mol. The van der Waals surface area contributed by atoms with E-state index < -0.39 is 5.91 Å². The first-order valence-electron chi connectivity index (χ1n) is 6.88. The second-order valence-electron chi connectivity index (χ2n) is 4.54. The Hall–Kier alpha value is -2.47. The smallest absolute Gasteiger partial charge is 0.261 e. The number of hydrogen-bond donors (Lipinski definition) is 1. The highest BCUT2D eigenvalue weighted by Crippen LogP contribution is 2.21. The van der Waals surface area contributed by atoms with Gasteiger partial charge in [-0.25, -0.2) is 0 Å². The first-order valence-corrected chi connectivity index (χ1v) is 7.86. The molecule has 0 heterocycles. The van der Waals surface area contributed by atoms with E-state index >= 15 is 0 Å². The quantitative estimate of drug-likeness (QED) is 0.825. The van der Waals surface area contributed by atoms with Gasteiger partial charge in [0.15, 0.2) is 0 Å². The second-order valence-corrected chi connectivity index (χ2v) is 5.59. The van der Waals surface area contributed by atoms with Gasteiger partial charge in [0.25, 0.3) is 5.91 Å². The van der Waals surface area contributed by atoms with Crippen LogP contribution in [0, 0.1) is 0 Å². The highest BCUT2D eigenvalue weighted by molar-refractivity contribution is 8.00. The summed E-state index contributed by atoms with van der Waals surface area (Å²) in [4.78, 5) is 24.9. The van der Waals surface area contributed by atoms with Gasteiger partial charge >= 0.3 is 0 Å². The Bertz CT molecular complexity index is 685. The normalized spacial score (nSPS) is 10.0. The lowest BCUT2D eigenvalue weighted by atomic mass is 10.2. The van der Waals surface area contributed by atoms with E-state index in [1.807, 2.05) is 24.3 Å². The fourth-order valence-corrected chi connectivity index (χ4v) is 2.58. The number of amides is 2. The third kappa shape index (κ3) is 4.75. The summed E-state index contributed by atoms with van der Waals surface area (Å²) >= 11 is 1.34. The number of ether oxygens (including phenoxy) is 2. The molecule has 120 valence electrons. The van der Waals surface area contributed by atoms with Gasteiger partial charge in [-0.05, 0) is 36.4 Å². The van der Waals surface area contributed by atoms with E-state index in [1.54, 1.807) is 31.4 Å². The van der Waals surface area contributed by atoms with Gasteiger partial charge in [0.05, 0.1) is 25.5 Å². The van der Waals surface area contributed by atoms with Crippen LogP contribution in [0.15, 0.2) is 53.4 Å². The summed E-state index contributed by atoms with van der Waals surface area (Å²) in [5.74, 6) is 0.503. The minimum absolute atomic E-state index is 0.146. The van der Waals surface area contributed by atoms with Crippen molar-refractivity contribution < 1.29 is 19.1 Å². The molecule has 0 aliphatic heterocycles. The third-order valence-corrected chi connectivity index (χ3v) is 4.05. The van der Waals surface area contributed by atoms with Crippen LogP contribution in [0.1, 0.15) is 10.4 Å². The maximum absolute atomic E-state index is 12.1. The largest absolute Gasteiger partial charge is 0.497 e. The number of benzene rings is 2. The zero-order valence-electron chi connectivity index (χ0n) is 12.9. The van der Waals surface area contributed by atoms with Crippen LogP contribution in [0.3, 0.4) is 0 Å². The van der Waals surface area contributed by atoms with Crippen molar-refractivity contribution in [1.82, 2.24) is 5.32 Å². The van der Waals surface area contributed by atoms with Gasteiger partial charge in [-0.1, -0.05) is 12.1 Å². The first kappa shape index (κ1) is 16.9. The third-order valence-electron chi connectivity index (χ3n) is 3.03.